The molecule has 6 atom stereocenters. The Morgan fingerprint density at radius 2 is 1.60 bits per heavy atom. The lowest BCUT2D eigenvalue weighted by molar-refractivity contribution is -0.398. The molecule has 2 saturated heterocycles. The van der Waals surface area contributed by atoms with Gasteiger partial charge in [0.05, 0.1) is 6.61 Å². The van der Waals surface area contributed by atoms with Crippen molar-refractivity contribution in [3.8, 4) is 0 Å². The minimum Gasteiger partial charge on any atom is -0.459 e. The van der Waals surface area contributed by atoms with Gasteiger partial charge < -0.3 is 48.3 Å². The van der Waals surface area contributed by atoms with Gasteiger partial charge in [0.25, 0.3) is 0 Å². The van der Waals surface area contributed by atoms with Crippen LogP contribution in [-0.2, 0) is 47.5 Å². The number of aliphatic hydroxyl groups is 1. The van der Waals surface area contributed by atoms with Crippen molar-refractivity contribution in [2.45, 2.75) is 95.3 Å². The summed E-state index contributed by atoms with van der Waals surface area (Å²) in [5, 5.41) is 18.0. The number of likely N-dealkylation sites (tertiary alicyclic amines) is 1. The van der Waals surface area contributed by atoms with Crippen LogP contribution in [0.1, 0.15) is 54.4 Å². The van der Waals surface area contributed by atoms with Gasteiger partial charge in [0, 0.05) is 34.4 Å². The number of amides is 2. The van der Waals surface area contributed by atoms with Crippen molar-refractivity contribution in [2.24, 2.45) is 5.92 Å². The molecule has 0 aromatic carbocycles. The van der Waals surface area contributed by atoms with Crippen LogP contribution in [0.2, 0.25) is 0 Å². The highest BCUT2D eigenvalue weighted by Crippen LogP contribution is 2.44. The van der Waals surface area contributed by atoms with E-state index in [1.165, 1.54) is 33.3 Å². The Balaban J connectivity index is 2.47. The van der Waals surface area contributed by atoms with Gasteiger partial charge in [-0.1, -0.05) is 0 Å². The van der Waals surface area contributed by atoms with E-state index < -0.39 is 71.5 Å². The van der Waals surface area contributed by atoms with Crippen molar-refractivity contribution in [2.75, 3.05) is 61.7 Å². The molecule has 2 heterocycles. The molecule has 1 unspecified atom stereocenters. The Bertz CT molecular complexity index is 939. The Morgan fingerprint density at radius 1 is 0.977 bits per heavy atom. The number of carbonyl (C=O) groups excluding carboxylic acids is 3. The highest BCUT2D eigenvalue weighted by atomic mass is 16.8. The monoisotopic (exact) mass is 621 g/mol. The van der Waals surface area contributed by atoms with Crippen LogP contribution in [0.5, 0.6) is 0 Å². The summed E-state index contributed by atoms with van der Waals surface area (Å²) in [6.07, 6.45) is -1.94. The molecule has 0 saturated carbocycles. The SMILES string of the molecule is CNC1(OCOC)O[C@H](CNC(=O)[C@@H]2CCCN2C(=O)OC(C)(C)C)[C@@H](OCOC)[C@@](O)(COC)[C@H]1C(=O)OC(C)(C)C. The molecule has 0 aromatic heterocycles. The first kappa shape index (κ1) is 37.1. The predicted octanol–water partition coefficient (Wildman–Crippen LogP) is 0.719. The molecule has 0 aromatic rings. The Hall–Kier alpha value is -2.11. The molecule has 2 rings (SSSR count). The van der Waals surface area contributed by atoms with Gasteiger partial charge in [-0.25, -0.2) is 4.79 Å². The molecule has 250 valence electrons. The lowest BCUT2D eigenvalue weighted by atomic mass is 9.75. The third kappa shape index (κ3) is 9.44. The maximum Gasteiger partial charge on any atom is 0.410 e. The second kappa shape index (κ2) is 15.3. The number of nitrogens with zero attached hydrogens (tertiary/aromatic N) is 1. The van der Waals surface area contributed by atoms with Crippen molar-refractivity contribution in [3.63, 3.8) is 0 Å². The van der Waals surface area contributed by atoms with E-state index in [0.29, 0.717) is 19.4 Å². The lowest BCUT2D eigenvalue weighted by Crippen LogP contribution is -2.77. The van der Waals surface area contributed by atoms with E-state index in [-0.39, 0.29) is 20.1 Å². The third-order valence-electron chi connectivity index (χ3n) is 6.82. The van der Waals surface area contributed by atoms with Gasteiger partial charge in [-0.15, -0.1) is 0 Å². The zero-order valence-corrected chi connectivity index (χ0v) is 27.1. The van der Waals surface area contributed by atoms with Gasteiger partial charge in [-0.05, 0) is 61.4 Å². The van der Waals surface area contributed by atoms with Crippen LogP contribution in [-0.4, -0.2) is 131 Å². The number of esters is 1. The molecule has 0 aliphatic carbocycles. The second-order valence-corrected chi connectivity index (χ2v) is 12.6. The minimum atomic E-state index is -2.13. The van der Waals surface area contributed by atoms with E-state index in [9.17, 15) is 19.5 Å². The fraction of sp³-hybridized carbons (Fsp3) is 0.893. The van der Waals surface area contributed by atoms with E-state index in [2.05, 4.69) is 10.6 Å². The van der Waals surface area contributed by atoms with Crippen molar-refractivity contribution in [1.82, 2.24) is 15.5 Å². The van der Waals surface area contributed by atoms with Crippen LogP contribution < -0.4 is 10.6 Å². The van der Waals surface area contributed by atoms with Crippen LogP contribution in [0.25, 0.3) is 0 Å². The number of carbonyl (C=O) groups is 3. The number of hydrogen-bond donors (Lipinski definition) is 3. The normalized spacial score (nSPS) is 29.8. The molecule has 0 radical (unpaired) electrons. The van der Waals surface area contributed by atoms with Crippen molar-refractivity contribution in [1.29, 1.82) is 0 Å². The molecule has 2 fully saturated rings. The Morgan fingerprint density at radius 3 is 2.14 bits per heavy atom. The maximum atomic E-state index is 13.7. The average molecular weight is 622 g/mol. The van der Waals surface area contributed by atoms with Crippen LogP contribution in [0, 0.1) is 5.92 Å². The fourth-order valence-electron chi connectivity index (χ4n) is 5.26. The van der Waals surface area contributed by atoms with Crippen molar-refractivity contribution < 1.29 is 57.4 Å². The first-order valence-corrected chi connectivity index (χ1v) is 14.3. The summed E-state index contributed by atoms with van der Waals surface area (Å²) in [6.45, 7) is 9.43. The Kier molecular flexibility index (Phi) is 13.2. The van der Waals surface area contributed by atoms with Crippen molar-refractivity contribution in [3.05, 3.63) is 0 Å². The van der Waals surface area contributed by atoms with Gasteiger partial charge in [0.2, 0.25) is 11.8 Å². The topological polar surface area (TPSA) is 173 Å². The molecule has 15 heteroatoms. The molecule has 2 aliphatic rings. The molecular weight excluding hydrogens is 570 g/mol. The zero-order chi connectivity index (χ0) is 32.6. The van der Waals surface area contributed by atoms with Crippen LogP contribution in [0.4, 0.5) is 4.79 Å². The third-order valence-corrected chi connectivity index (χ3v) is 6.82. The molecule has 2 amide bonds. The standard InChI is InChI=1S/C28H51N3O12/c1-25(2,3)42-23(33)20-27(35,15-36-8)21(39-16-37-9)19(41-28(20,29-7)40-17-38-10)14-30-22(32)18-12-11-13-31(18)24(34)43-26(4,5)6/h18-21,29,35H,11-17H2,1-10H3,(H,30,32)/t18-,19+,20+,21+,27+,28?/m0/s1. The van der Waals surface area contributed by atoms with E-state index in [1.807, 2.05) is 0 Å². The van der Waals surface area contributed by atoms with Gasteiger partial charge in [-0.2, -0.15) is 0 Å². The summed E-state index contributed by atoms with van der Waals surface area (Å²) >= 11 is 0. The molecule has 2 aliphatic heterocycles. The number of ether oxygens (including phenoxy) is 8. The minimum absolute atomic E-state index is 0.210. The molecule has 43 heavy (non-hydrogen) atoms. The summed E-state index contributed by atoms with van der Waals surface area (Å²) in [6, 6.07) is -0.775. The first-order valence-electron chi connectivity index (χ1n) is 14.3. The quantitative estimate of drug-likeness (QED) is 0.194. The fourth-order valence-corrected chi connectivity index (χ4v) is 5.26. The highest BCUT2D eigenvalue weighted by molar-refractivity contribution is 5.86. The largest absolute Gasteiger partial charge is 0.459 e. The predicted molar refractivity (Wildman–Crippen MR) is 152 cm³/mol. The summed E-state index contributed by atoms with van der Waals surface area (Å²) in [7, 11) is 5.61. The molecule has 0 spiro atoms. The summed E-state index contributed by atoms with van der Waals surface area (Å²) < 4.78 is 44.9. The zero-order valence-electron chi connectivity index (χ0n) is 27.1. The highest BCUT2D eigenvalue weighted by Gasteiger charge is 2.67. The first-order chi connectivity index (χ1) is 20.0. The van der Waals surface area contributed by atoms with Gasteiger partial charge >= 0.3 is 12.1 Å². The molecular formula is C28H51N3O12. The average Bonchev–Trinajstić information content (AvgIpc) is 3.38. The van der Waals surface area contributed by atoms with Crippen LogP contribution in [0.15, 0.2) is 0 Å². The van der Waals surface area contributed by atoms with Crippen molar-refractivity contribution >= 4 is 18.0 Å². The summed E-state index contributed by atoms with van der Waals surface area (Å²) in [5.74, 6) is -4.88. The van der Waals surface area contributed by atoms with Gasteiger partial charge in [0.1, 0.15) is 41.8 Å². The van der Waals surface area contributed by atoms with E-state index in [1.54, 1.807) is 41.5 Å². The number of rotatable bonds is 13. The smallest absolute Gasteiger partial charge is 0.410 e. The molecule has 3 N–H and O–H groups in total. The van der Waals surface area contributed by atoms with Crippen LogP contribution >= 0.6 is 0 Å². The Labute approximate surface area is 254 Å². The van der Waals surface area contributed by atoms with E-state index in [4.69, 9.17) is 37.9 Å². The number of nitrogens with one attached hydrogen (secondary N) is 2. The number of hydrogen-bond acceptors (Lipinski definition) is 13. The van der Waals surface area contributed by atoms with Gasteiger partial charge in [0.15, 0.2) is 12.7 Å². The lowest BCUT2D eigenvalue weighted by Gasteiger charge is -2.55. The summed E-state index contributed by atoms with van der Waals surface area (Å²) in [4.78, 5) is 41.3. The summed E-state index contributed by atoms with van der Waals surface area (Å²) in [5.41, 5.74) is -3.78. The van der Waals surface area contributed by atoms with Gasteiger partial charge in [-0.3, -0.25) is 19.8 Å². The number of methoxy groups -OCH3 is 3. The van der Waals surface area contributed by atoms with E-state index in [0.717, 1.165) is 0 Å². The second-order valence-electron chi connectivity index (χ2n) is 12.6. The van der Waals surface area contributed by atoms with E-state index >= 15 is 0 Å². The van der Waals surface area contributed by atoms with Crippen LogP contribution in [0.3, 0.4) is 0 Å². The molecule has 15 nitrogen and oxygen atoms in total. The molecule has 0 bridgehead atoms. The maximum absolute atomic E-state index is 13.7.